The van der Waals surface area contributed by atoms with E-state index in [0.717, 1.165) is 27.8 Å². The molecule has 0 aliphatic heterocycles. The van der Waals surface area contributed by atoms with Gasteiger partial charge in [-0.1, -0.05) is 49.8 Å². The van der Waals surface area contributed by atoms with Gasteiger partial charge in [0.15, 0.2) is 18.1 Å². The van der Waals surface area contributed by atoms with Crippen molar-refractivity contribution in [3.05, 3.63) is 52.0 Å². The minimum atomic E-state index is -0.210. The van der Waals surface area contributed by atoms with Gasteiger partial charge in [-0.15, -0.1) is 0 Å². The van der Waals surface area contributed by atoms with Crippen LogP contribution in [0.25, 0.3) is 0 Å². The lowest BCUT2D eigenvalue weighted by atomic mass is 9.96. The second-order valence-electron chi connectivity index (χ2n) is 8.46. The SMILES string of the molecule is CCOc1cc(CNC2CCCCCCC2)cc(Br)c1OCC(=O)Nc1ccc(C)cc1. The third-order valence-corrected chi connectivity index (χ3v) is 6.34. The van der Waals surface area contributed by atoms with Crippen LogP contribution in [0.1, 0.15) is 63.0 Å². The van der Waals surface area contributed by atoms with Gasteiger partial charge in [-0.05, 0) is 72.4 Å². The number of anilines is 1. The van der Waals surface area contributed by atoms with Crippen molar-refractivity contribution in [1.29, 1.82) is 0 Å². The smallest absolute Gasteiger partial charge is 0.262 e. The molecule has 6 heteroatoms. The summed E-state index contributed by atoms with van der Waals surface area (Å²) in [6, 6.07) is 12.3. The first-order valence-corrected chi connectivity index (χ1v) is 12.5. The fourth-order valence-electron chi connectivity index (χ4n) is 4.02. The first-order chi connectivity index (χ1) is 15.5. The third kappa shape index (κ3) is 7.82. The van der Waals surface area contributed by atoms with E-state index in [9.17, 15) is 4.79 Å². The Balaban J connectivity index is 1.60. The molecule has 1 aliphatic rings. The van der Waals surface area contributed by atoms with E-state index in [1.165, 1.54) is 44.9 Å². The molecule has 174 valence electrons. The van der Waals surface area contributed by atoms with E-state index in [0.29, 0.717) is 24.1 Å². The van der Waals surface area contributed by atoms with E-state index in [2.05, 4.69) is 26.6 Å². The van der Waals surface area contributed by atoms with E-state index in [4.69, 9.17) is 9.47 Å². The molecule has 0 atom stereocenters. The second kappa shape index (κ2) is 12.9. The molecule has 0 radical (unpaired) electrons. The van der Waals surface area contributed by atoms with Crippen molar-refractivity contribution < 1.29 is 14.3 Å². The number of ether oxygens (including phenoxy) is 2. The van der Waals surface area contributed by atoms with Gasteiger partial charge in [0.05, 0.1) is 11.1 Å². The maximum Gasteiger partial charge on any atom is 0.262 e. The van der Waals surface area contributed by atoms with Gasteiger partial charge in [-0.25, -0.2) is 0 Å². The number of benzene rings is 2. The van der Waals surface area contributed by atoms with Gasteiger partial charge < -0.3 is 20.1 Å². The van der Waals surface area contributed by atoms with Crippen LogP contribution in [0.2, 0.25) is 0 Å². The summed E-state index contributed by atoms with van der Waals surface area (Å²) in [6.07, 6.45) is 9.19. The molecule has 2 N–H and O–H groups in total. The van der Waals surface area contributed by atoms with Crippen LogP contribution in [0, 0.1) is 6.92 Å². The molecule has 32 heavy (non-hydrogen) atoms. The molecule has 0 unspecified atom stereocenters. The lowest BCUT2D eigenvalue weighted by molar-refractivity contribution is -0.118. The van der Waals surface area contributed by atoms with Crippen LogP contribution in [0.3, 0.4) is 0 Å². The fourth-order valence-corrected chi connectivity index (χ4v) is 4.62. The number of rotatable bonds is 9. The van der Waals surface area contributed by atoms with Crippen molar-refractivity contribution in [2.75, 3.05) is 18.5 Å². The minimum absolute atomic E-state index is 0.0911. The van der Waals surface area contributed by atoms with Crippen LogP contribution < -0.4 is 20.1 Å². The van der Waals surface area contributed by atoms with Gasteiger partial charge in [0.1, 0.15) is 0 Å². The average molecular weight is 503 g/mol. The van der Waals surface area contributed by atoms with Crippen LogP contribution in [0.4, 0.5) is 5.69 Å². The molecular weight excluding hydrogens is 468 g/mol. The zero-order valence-electron chi connectivity index (χ0n) is 19.2. The normalized spacial score (nSPS) is 15.0. The van der Waals surface area contributed by atoms with Gasteiger partial charge in [-0.2, -0.15) is 0 Å². The molecule has 2 aromatic carbocycles. The number of hydrogen-bond acceptors (Lipinski definition) is 4. The van der Waals surface area contributed by atoms with Gasteiger partial charge in [0, 0.05) is 18.3 Å². The van der Waals surface area contributed by atoms with Crippen molar-refractivity contribution in [1.82, 2.24) is 5.32 Å². The Morgan fingerprint density at radius 1 is 1.03 bits per heavy atom. The van der Waals surface area contributed by atoms with E-state index < -0.39 is 0 Å². The summed E-state index contributed by atoms with van der Waals surface area (Å²) < 4.78 is 12.5. The van der Waals surface area contributed by atoms with Crippen LogP contribution >= 0.6 is 15.9 Å². The Kier molecular flexibility index (Phi) is 9.88. The topological polar surface area (TPSA) is 59.6 Å². The Morgan fingerprint density at radius 3 is 2.41 bits per heavy atom. The average Bonchev–Trinajstić information content (AvgIpc) is 2.74. The fraction of sp³-hybridized carbons (Fsp3) is 0.500. The largest absolute Gasteiger partial charge is 0.490 e. The maximum atomic E-state index is 12.3. The van der Waals surface area contributed by atoms with E-state index in [-0.39, 0.29) is 12.5 Å². The molecule has 0 bridgehead atoms. The molecule has 0 aromatic heterocycles. The number of aryl methyl sites for hydroxylation is 1. The molecule has 0 heterocycles. The zero-order valence-corrected chi connectivity index (χ0v) is 20.8. The van der Waals surface area contributed by atoms with E-state index in [1.807, 2.05) is 50.2 Å². The van der Waals surface area contributed by atoms with Crippen molar-refractivity contribution >= 4 is 27.5 Å². The van der Waals surface area contributed by atoms with Crippen LogP contribution in [-0.2, 0) is 11.3 Å². The van der Waals surface area contributed by atoms with Gasteiger partial charge in [-0.3, -0.25) is 4.79 Å². The number of carbonyl (C=O) groups excluding carboxylic acids is 1. The van der Waals surface area contributed by atoms with Crippen LogP contribution in [0.5, 0.6) is 11.5 Å². The predicted molar refractivity (Wildman–Crippen MR) is 134 cm³/mol. The summed E-state index contributed by atoms with van der Waals surface area (Å²) in [5.74, 6) is 0.998. The summed E-state index contributed by atoms with van der Waals surface area (Å²) in [5, 5.41) is 6.58. The number of halogens is 1. The Hall–Kier alpha value is -2.05. The lowest BCUT2D eigenvalue weighted by Crippen LogP contribution is -2.29. The first-order valence-electron chi connectivity index (χ1n) is 11.7. The highest BCUT2D eigenvalue weighted by Crippen LogP contribution is 2.37. The molecular formula is C26H35BrN2O3. The highest BCUT2D eigenvalue weighted by molar-refractivity contribution is 9.10. The Labute approximate surface area is 200 Å². The summed E-state index contributed by atoms with van der Waals surface area (Å²) in [6.45, 7) is 5.18. The van der Waals surface area contributed by atoms with Gasteiger partial charge in [0.25, 0.3) is 5.91 Å². The minimum Gasteiger partial charge on any atom is -0.490 e. The monoisotopic (exact) mass is 502 g/mol. The van der Waals surface area contributed by atoms with E-state index >= 15 is 0 Å². The van der Waals surface area contributed by atoms with Crippen molar-refractivity contribution in [2.24, 2.45) is 0 Å². The maximum absolute atomic E-state index is 12.3. The van der Waals surface area contributed by atoms with Crippen molar-refractivity contribution in [3.63, 3.8) is 0 Å². The predicted octanol–water partition coefficient (Wildman–Crippen LogP) is 6.38. The van der Waals surface area contributed by atoms with Crippen LogP contribution in [-0.4, -0.2) is 25.2 Å². The summed E-state index contributed by atoms with van der Waals surface area (Å²) in [7, 11) is 0. The Morgan fingerprint density at radius 2 is 1.72 bits per heavy atom. The summed E-state index contributed by atoms with van der Waals surface area (Å²) in [4.78, 5) is 12.3. The quantitative estimate of drug-likeness (QED) is 0.417. The van der Waals surface area contributed by atoms with E-state index in [1.54, 1.807) is 0 Å². The molecule has 1 aliphatic carbocycles. The summed E-state index contributed by atoms with van der Waals surface area (Å²) >= 11 is 3.62. The summed E-state index contributed by atoms with van der Waals surface area (Å²) in [5.41, 5.74) is 3.04. The Bertz CT molecular complexity index is 862. The molecule has 2 aromatic rings. The molecule has 1 amide bonds. The van der Waals surface area contributed by atoms with Crippen LogP contribution in [0.15, 0.2) is 40.9 Å². The third-order valence-electron chi connectivity index (χ3n) is 5.75. The number of nitrogens with one attached hydrogen (secondary N) is 2. The molecule has 0 spiro atoms. The molecule has 0 saturated heterocycles. The first kappa shape index (κ1) is 24.6. The number of carbonyl (C=O) groups is 1. The van der Waals surface area contributed by atoms with Crippen molar-refractivity contribution in [2.45, 2.75) is 71.4 Å². The lowest BCUT2D eigenvalue weighted by Gasteiger charge is -2.22. The standard InChI is InChI=1S/C26H35BrN2O3/c1-3-31-24-16-20(17-28-21-9-7-5-4-6-8-10-21)15-23(27)26(24)32-18-25(30)29-22-13-11-19(2)12-14-22/h11-16,21,28H,3-10,17-18H2,1-2H3,(H,29,30). The molecule has 1 saturated carbocycles. The number of hydrogen-bond donors (Lipinski definition) is 2. The van der Waals surface area contributed by atoms with Crippen molar-refractivity contribution in [3.8, 4) is 11.5 Å². The highest BCUT2D eigenvalue weighted by atomic mass is 79.9. The van der Waals surface area contributed by atoms with Gasteiger partial charge >= 0.3 is 0 Å². The zero-order chi connectivity index (χ0) is 22.8. The molecule has 1 fully saturated rings. The second-order valence-corrected chi connectivity index (χ2v) is 9.32. The number of amides is 1. The molecule has 3 rings (SSSR count). The molecule has 5 nitrogen and oxygen atoms in total. The highest BCUT2D eigenvalue weighted by Gasteiger charge is 2.16. The van der Waals surface area contributed by atoms with Gasteiger partial charge in [0.2, 0.25) is 0 Å².